The van der Waals surface area contributed by atoms with E-state index in [0.29, 0.717) is 10.8 Å². The van der Waals surface area contributed by atoms with Crippen molar-refractivity contribution in [2.75, 3.05) is 5.32 Å². The smallest absolute Gasteiger partial charge is 0.243 e. The van der Waals surface area contributed by atoms with E-state index in [4.69, 9.17) is 11.5 Å². The summed E-state index contributed by atoms with van der Waals surface area (Å²) >= 11 is 1.25. The highest BCUT2D eigenvalue weighted by molar-refractivity contribution is 7.13. The van der Waals surface area contributed by atoms with Crippen LogP contribution in [-0.4, -0.2) is 22.8 Å². The minimum atomic E-state index is -0.557. The van der Waals surface area contributed by atoms with E-state index in [9.17, 15) is 9.59 Å². The Bertz CT molecular complexity index is 432. The quantitative estimate of drug-likeness (QED) is 0.698. The monoisotopic (exact) mass is 270 g/mol. The fraction of sp³-hybridized carbons (Fsp3) is 0.545. The number of hydrogen-bond donors (Lipinski definition) is 3. The summed E-state index contributed by atoms with van der Waals surface area (Å²) in [6.45, 7) is 3.90. The maximum Gasteiger partial charge on any atom is 0.243 e. The number of carbonyl (C=O) groups excluding carboxylic acids is 2. The second-order valence-corrected chi connectivity index (χ2v) is 5.05. The van der Waals surface area contributed by atoms with Crippen LogP contribution >= 0.6 is 11.3 Å². The number of thiazole rings is 1. The molecule has 0 spiro atoms. The number of nitrogens with two attached hydrogens (primary N) is 2. The van der Waals surface area contributed by atoms with E-state index in [1.165, 1.54) is 11.3 Å². The third kappa shape index (κ3) is 4.08. The molecule has 0 saturated carbocycles. The molecule has 0 aliphatic heterocycles. The third-order valence-electron chi connectivity index (χ3n) is 2.70. The van der Waals surface area contributed by atoms with Gasteiger partial charge in [0.2, 0.25) is 11.8 Å². The SMILES string of the molecule is CC[C@H](C)[C@H](N)C(=O)Nc1nc(CC(N)=O)cs1. The van der Waals surface area contributed by atoms with Gasteiger partial charge in [0.05, 0.1) is 18.2 Å². The second kappa shape index (κ2) is 6.46. The Morgan fingerprint density at radius 3 is 2.78 bits per heavy atom. The third-order valence-corrected chi connectivity index (χ3v) is 3.50. The van der Waals surface area contributed by atoms with Gasteiger partial charge in [0.1, 0.15) is 0 Å². The lowest BCUT2D eigenvalue weighted by atomic mass is 10.00. The van der Waals surface area contributed by atoms with E-state index >= 15 is 0 Å². The molecule has 0 saturated heterocycles. The van der Waals surface area contributed by atoms with Crippen molar-refractivity contribution in [1.29, 1.82) is 0 Å². The molecular formula is C11H18N4O2S. The van der Waals surface area contributed by atoms with Crippen LogP contribution in [0.3, 0.4) is 0 Å². The number of rotatable bonds is 6. The topological polar surface area (TPSA) is 111 Å². The van der Waals surface area contributed by atoms with Gasteiger partial charge in [-0.15, -0.1) is 11.3 Å². The van der Waals surface area contributed by atoms with Gasteiger partial charge in [-0.05, 0) is 5.92 Å². The Kier molecular flexibility index (Phi) is 5.24. The molecule has 5 N–H and O–H groups in total. The van der Waals surface area contributed by atoms with E-state index < -0.39 is 11.9 Å². The van der Waals surface area contributed by atoms with Crippen molar-refractivity contribution in [1.82, 2.24) is 4.98 Å². The number of nitrogens with zero attached hydrogens (tertiary/aromatic N) is 1. The highest BCUT2D eigenvalue weighted by Gasteiger charge is 2.20. The van der Waals surface area contributed by atoms with E-state index in [2.05, 4.69) is 10.3 Å². The summed E-state index contributed by atoms with van der Waals surface area (Å²) in [5, 5.41) is 4.77. The van der Waals surface area contributed by atoms with Gasteiger partial charge in [-0.1, -0.05) is 20.3 Å². The fourth-order valence-electron chi connectivity index (χ4n) is 1.33. The second-order valence-electron chi connectivity index (χ2n) is 4.19. The van der Waals surface area contributed by atoms with Crippen molar-refractivity contribution in [3.05, 3.63) is 11.1 Å². The first kappa shape index (κ1) is 14.6. The number of nitrogens with one attached hydrogen (secondary N) is 1. The molecule has 100 valence electrons. The Morgan fingerprint density at radius 1 is 1.56 bits per heavy atom. The van der Waals surface area contributed by atoms with Gasteiger partial charge < -0.3 is 16.8 Å². The molecule has 1 rings (SSSR count). The van der Waals surface area contributed by atoms with E-state index in [0.717, 1.165) is 6.42 Å². The van der Waals surface area contributed by atoms with Gasteiger partial charge in [0.15, 0.2) is 5.13 Å². The maximum atomic E-state index is 11.8. The molecule has 0 radical (unpaired) electrons. The molecule has 1 heterocycles. The number of amides is 2. The molecule has 2 amide bonds. The largest absolute Gasteiger partial charge is 0.369 e. The minimum Gasteiger partial charge on any atom is -0.369 e. The lowest BCUT2D eigenvalue weighted by molar-refractivity contribution is -0.118. The van der Waals surface area contributed by atoms with Gasteiger partial charge in [-0.25, -0.2) is 4.98 Å². The van der Waals surface area contributed by atoms with Crippen LogP contribution in [0.5, 0.6) is 0 Å². The molecule has 6 nitrogen and oxygen atoms in total. The Balaban J connectivity index is 2.59. The van der Waals surface area contributed by atoms with Crippen molar-refractivity contribution in [2.24, 2.45) is 17.4 Å². The Morgan fingerprint density at radius 2 is 2.22 bits per heavy atom. The van der Waals surface area contributed by atoms with Gasteiger partial charge in [-0.3, -0.25) is 9.59 Å². The first-order valence-corrected chi connectivity index (χ1v) is 6.61. The highest BCUT2D eigenvalue weighted by Crippen LogP contribution is 2.17. The lowest BCUT2D eigenvalue weighted by Crippen LogP contribution is -2.40. The Labute approximate surface area is 110 Å². The van der Waals surface area contributed by atoms with Crippen LogP contribution < -0.4 is 16.8 Å². The van der Waals surface area contributed by atoms with E-state index in [-0.39, 0.29) is 18.2 Å². The van der Waals surface area contributed by atoms with Gasteiger partial charge in [-0.2, -0.15) is 0 Å². The first-order chi connectivity index (χ1) is 8.43. The molecular weight excluding hydrogens is 252 g/mol. The number of carbonyl (C=O) groups is 2. The number of primary amides is 1. The summed E-state index contributed by atoms with van der Waals surface area (Å²) in [5.41, 5.74) is 11.4. The van der Waals surface area contributed by atoms with Gasteiger partial charge in [0.25, 0.3) is 0 Å². The van der Waals surface area contributed by atoms with Crippen molar-refractivity contribution in [3.63, 3.8) is 0 Å². The van der Waals surface area contributed by atoms with Gasteiger partial charge >= 0.3 is 0 Å². The van der Waals surface area contributed by atoms with Crippen LogP contribution in [0.4, 0.5) is 5.13 Å². The van der Waals surface area contributed by atoms with Crippen LogP contribution in [0.1, 0.15) is 26.0 Å². The van der Waals surface area contributed by atoms with Crippen molar-refractivity contribution >= 4 is 28.3 Å². The summed E-state index contributed by atoms with van der Waals surface area (Å²) in [6, 6.07) is -0.557. The number of aromatic nitrogens is 1. The van der Waals surface area contributed by atoms with Crippen LogP contribution in [-0.2, 0) is 16.0 Å². The molecule has 0 aliphatic rings. The lowest BCUT2D eigenvalue weighted by Gasteiger charge is -2.16. The summed E-state index contributed by atoms with van der Waals surface area (Å²) in [6.07, 6.45) is 0.906. The molecule has 0 aliphatic carbocycles. The zero-order chi connectivity index (χ0) is 13.7. The van der Waals surface area contributed by atoms with Crippen LogP contribution in [0.2, 0.25) is 0 Å². The predicted octanol–water partition coefficient (Wildman–Crippen LogP) is 0.483. The number of anilines is 1. The molecule has 0 fully saturated rings. The highest BCUT2D eigenvalue weighted by atomic mass is 32.1. The van der Waals surface area contributed by atoms with Crippen LogP contribution in [0, 0.1) is 5.92 Å². The van der Waals surface area contributed by atoms with Crippen LogP contribution in [0.25, 0.3) is 0 Å². The van der Waals surface area contributed by atoms with Crippen molar-refractivity contribution < 1.29 is 9.59 Å². The molecule has 0 unspecified atom stereocenters. The minimum absolute atomic E-state index is 0.0732. The molecule has 0 bridgehead atoms. The average molecular weight is 270 g/mol. The molecule has 2 atom stereocenters. The molecule has 1 aromatic rings. The summed E-state index contributed by atoms with van der Waals surface area (Å²) in [5.74, 6) is -0.603. The standard InChI is InChI=1S/C11H18N4O2S/c1-3-6(2)9(13)10(17)15-11-14-7(5-18-11)4-8(12)16/h5-6,9H,3-4,13H2,1-2H3,(H2,12,16)(H,14,15,17)/t6-,9-/m0/s1. The zero-order valence-corrected chi connectivity index (χ0v) is 11.3. The molecule has 0 aromatic carbocycles. The van der Waals surface area contributed by atoms with E-state index in [1.807, 2.05) is 13.8 Å². The number of hydrogen-bond acceptors (Lipinski definition) is 5. The first-order valence-electron chi connectivity index (χ1n) is 5.73. The maximum absolute atomic E-state index is 11.8. The molecule has 1 aromatic heterocycles. The molecule has 7 heteroatoms. The summed E-state index contributed by atoms with van der Waals surface area (Å²) < 4.78 is 0. The predicted molar refractivity (Wildman–Crippen MR) is 71.1 cm³/mol. The summed E-state index contributed by atoms with van der Waals surface area (Å²) in [7, 11) is 0. The van der Waals surface area contributed by atoms with Crippen molar-refractivity contribution in [3.8, 4) is 0 Å². The van der Waals surface area contributed by atoms with E-state index in [1.54, 1.807) is 5.38 Å². The molecule has 18 heavy (non-hydrogen) atoms. The average Bonchev–Trinajstić information content (AvgIpc) is 2.73. The zero-order valence-electron chi connectivity index (χ0n) is 10.5. The van der Waals surface area contributed by atoms with Gasteiger partial charge in [0, 0.05) is 5.38 Å². The van der Waals surface area contributed by atoms with Crippen LogP contribution in [0.15, 0.2) is 5.38 Å². The normalized spacial score (nSPS) is 13.9. The fourth-order valence-corrected chi connectivity index (χ4v) is 2.04. The van der Waals surface area contributed by atoms with Crippen molar-refractivity contribution in [2.45, 2.75) is 32.7 Å². The summed E-state index contributed by atoms with van der Waals surface area (Å²) in [4.78, 5) is 26.6. The Hall–Kier alpha value is -1.47.